The quantitative estimate of drug-likeness (QED) is 0.872. The molecule has 2 heterocycles. The minimum Gasteiger partial charge on any atom is -0.369 e. The zero-order valence-corrected chi connectivity index (χ0v) is 14.0. The van der Waals surface area contributed by atoms with E-state index in [2.05, 4.69) is 59.9 Å². The van der Waals surface area contributed by atoms with E-state index < -0.39 is 0 Å². The summed E-state index contributed by atoms with van der Waals surface area (Å²) in [6.07, 6.45) is 3.17. The van der Waals surface area contributed by atoms with Gasteiger partial charge in [-0.05, 0) is 25.5 Å². The maximum Gasteiger partial charge on any atom is 0.0562 e. The van der Waals surface area contributed by atoms with Gasteiger partial charge in [0.05, 0.1) is 5.69 Å². The first-order valence-corrected chi connectivity index (χ1v) is 8.27. The Kier molecular flexibility index (Phi) is 6.00. The number of anilines is 1. The molecule has 0 spiro atoms. The van der Waals surface area contributed by atoms with Crippen LogP contribution >= 0.6 is 0 Å². The van der Waals surface area contributed by atoms with Gasteiger partial charge in [0.2, 0.25) is 0 Å². The molecule has 21 heavy (non-hydrogen) atoms. The summed E-state index contributed by atoms with van der Waals surface area (Å²) in [5.41, 5.74) is 2.44. The van der Waals surface area contributed by atoms with Gasteiger partial charge in [-0.15, -0.1) is 0 Å². The molecule has 1 N–H and O–H groups in total. The molecular formula is C17H30N4. The SMILES string of the molecule is CCC(C)N1CCN(c2ccnc(CNC(C)C)c2)CC1. The second-order valence-electron chi connectivity index (χ2n) is 6.32. The second kappa shape index (κ2) is 7.76. The highest BCUT2D eigenvalue weighted by Gasteiger charge is 2.20. The molecule has 0 bridgehead atoms. The summed E-state index contributed by atoms with van der Waals surface area (Å²) >= 11 is 0. The highest BCUT2D eigenvalue weighted by atomic mass is 15.3. The van der Waals surface area contributed by atoms with Crippen molar-refractivity contribution in [3.8, 4) is 0 Å². The van der Waals surface area contributed by atoms with E-state index in [4.69, 9.17) is 0 Å². The minimum atomic E-state index is 0.495. The molecule has 0 saturated carbocycles. The molecule has 0 amide bonds. The Hall–Kier alpha value is -1.13. The lowest BCUT2D eigenvalue weighted by atomic mass is 10.1. The van der Waals surface area contributed by atoms with E-state index in [9.17, 15) is 0 Å². The predicted molar refractivity (Wildman–Crippen MR) is 89.8 cm³/mol. The third-order valence-electron chi connectivity index (χ3n) is 4.39. The molecule has 1 fully saturated rings. The summed E-state index contributed by atoms with van der Waals surface area (Å²) in [7, 11) is 0. The molecule has 1 aromatic heterocycles. The van der Waals surface area contributed by atoms with E-state index in [0.717, 1.165) is 38.4 Å². The van der Waals surface area contributed by atoms with Crippen molar-refractivity contribution in [2.24, 2.45) is 0 Å². The van der Waals surface area contributed by atoms with Crippen LogP contribution in [-0.4, -0.2) is 48.1 Å². The lowest BCUT2D eigenvalue weighted by Crippen LogP contribution is -2.49. The van der Waals surface area contributed by atoms with Gasteiger partial charge >= 0.3 is 0 Å². The number of piperazine rings is 1. The van der Waals surface area contributed by atoms with Crippen LogP contribution in [0.2, 0.25) is 0 Å². The monoisotopic (exact) mass is 290 g/mol. The Balaban J connectivity index is 1.92. The normalized spacial score (nSPS) is 18.2. The average Bonchev–Trinajstić information content (AvgIpc) is 2.52. The number of nitrogens with one attached hydrogen (secondary N) is 1. The summed E-state index contributed by atoms with van der Waals surface area (Å²) in [4.78, 5) is 9.54. The van der Waals surface area contributed by atoms with Gasteiger partial charge in [-0.25, -0.2) is 0 Å². The summed E-state index contributed by atoms with van der Waals surface area (Å²) in [5.74, 6) is 0. The first-order valence-electron chi connectivity index (χ1n) is 8.27. The van der Waals surface area contributed by atoms with Crippen LogP contribution in [-0.2, 0) is 6.54 Å². The van der Waals surface area contributed by atoms with Gasteiger partial charge in [-0.2, -0.15) is 0 Å². The van der Waals surface area contributed by atoms with E-state index in [1.807, 2.05) is 6.20 Å². The van der Waals surface area contributed by atoms with E-state index >= 15 is 0 Å². The largest absolute Gasteiger partial charge is 0.369 e. The van der Waals surface area contributed by atoms with Crippen LogP contribution in [0, 0.1) is 0 Å². The smallest absolute Gasteiger partial charge is 0.0562 e. The lowest BCUT2D eigenvalue weighted by molar-refractivity contribution is 0.193. The van der Waals surface area contributed by atoms with Crippen LogP contribution in [0.5, 0.6) is 0 Å². The van der Waals surface area contributed by atoms with Gasteiger partial charge in [0.15, 0.2) is 0 Å². The zero-order chi connectivity index (χ0) is 15.2. The fourth-order valence-corrected chi connectivity index (χ4v) is 2.75. The summed E-state index contributed by atoms with van der Waals surface area (Å²) in [6.45, 7) is 14.3. The van der Waals surface area contributed by atoms with Gasteiger partial charge < -0.3 is 10.2 Å². The highest BCUT2D eigenvalue weighted by Crippen LogP contribution is 2.18. The molecule has 4 nitrogen and oxygen atoms in total. The molecule has 0 aliphatic carbocycles. The molecule has 118 valence electrons. The van der Waals surface area contributed by atoms with Gasteiger partial charge in [0.25, 0.3) is 0 Å². The van der Waals surface area contributed by atoms with Gasteiger partial charge in [0.1, 0.15) is 0 Å². The Morgan fingerprint density at radius 1 is 1.19 bits per heavy atom. The van der Waals surface area contributed by atoms with Crippen molar-refractivity contribution in [1.29, 1.82) is 0 Å². The Morgan fingerprint density at radius 3 is 2.52 bits per heavy atom. The zero-order valence-electron chi connectivity index (χ0n) is 14.0. The maximum atomic E-state index is 4.46. The number of rotatable bonds is 6. The standard InChI is InChI=1S/C17H30N4/c1-5-15(4)20-8-10-21(11-9-20)17-6-7-18-16(12-17)13-19-14(2)3/h6-7,12,14-15,19H,5,8-11,13H2,1-4H3. The number of aromatic nitrogens is 1. The van der Waals surface area contributed by atoms with Gasteiger partial charge in [0, 0.05) is 56.7 Å². The molecule has 4 heteroatoms. The van der Waals surface area contributed by atoms with Crippen molar-refractivity contribution in [2.45, 2.75) is 52.7 Å². The minimum absolute atomic E-state index is 0.495. The van der Waals surface area contributed by atoms with Crippen LogP contribution in [0.4, 0.5) is 5.69 Å². The topological polar surface area (TPSA) is 31.4 Å². The third-order valence-corrected chi connectivity index (χ3v) is 4.39. The van der Waals surface area contributed by atoms with Crippen molar-refractivity contribution in [3.05, 3.63) is 24.0 Å². The second-order valence-corrected chi connectivity index (χ2v) is 6.32. The molecule has 1 unspecified atom stereocenters. The average molecular weight is 290 g/mol. The van der Waals surface area contributed by atoms with E-state index in [-0.39, 0.29) is 0 Å². The number of pyridine rings is 1. The molecule has 1 saturated heterocycles. The molecule has 0 aromatic carbocycles. The lowest BCUT2D eigenvalue weighted by Gasteiger charge is -2.39. The molecular weight excluding hydrogens is 260 g/mol. The highest BCUT2D eigenvalue weighted by molar-refractivity contribution is 5.47. The van der Waals surface area contributed by atoms with Gasteiger partial charge in [-0.1, -0.05) is 20.8 Å². The third kappa shape index (κ3) is 4.68. The maximum absolute atomic E-state index is 4.46. The van der Waals surface area contributed by atoms with Crippen LogP contribution in [0.15, 0.2) is 18.3 Å². The molecule has 0 radical (unpaired) electrons. The number of hydrogen-bond acceptors (Lipinski definition) is 4. The predicted octanol–water partition coefficient (Wildman–Crippen LogP) is 2.50. The fraction of sp³-hybridized carbons (Fsp3) is 0.706. The Morgan fingerprint density at radius 2 is 1.90 bits per heavy atom. The van der Waals surface area contributed by atoms with Crippen LogP contribution in [0.25, 0.3) is 0 Å². The molecule has 1 atom stereocenters. The molecule has 2 rings (SSSR count). The first kappa shape index (κ1) is 16.2. The summed E-state index contributed by atoms with van der Waals surface area (Å²) in [5, 5.41) is 3.43. The van der Waals surface area contributed by atoms with Gasteiger partial charge in [-0.3, -0.25) is 9.88 Å². The van der Waals surface area contributed by atoms with E-state index in [1.54, 1.807) is 0 Å². The first-order chi connectivity index (χ1) is 10.1. The molecule has 1 aliphatic heterocycles. The van der Waals surface area contributed by atoms with Crippen molar-refractivity contribution >= 4 is 5.69 Å². The molecule has 1 aromatic rings. The van der Waals surface area contributed by atoms with Crippen LogP contribution < -0.4 is 10.2 Å². The summed E-state index contributed by atoms with van der Waals surface area (Å²) in [6, 6.07) is 5.57. The molecule has 1 aliphatic rings. The Bertz CT molecular complexity index is 425. The van der Waals surface area contributed by atoms with Crippen molar-refractivity contribution in [2.75, 3.05) is 31.1 Å². The Labute approximate surface area is 129 Å². The van der Waals surface area contributed by atoms with Crippen LogP contribution in [0.1, 0.15) is 39.8 Å². The van der Waals surface area contributed by atoms with Crippen molar-refractivity contribution < 1.29 is 0 Å². The van der Waals surface area contributed by atoms with E-state index in [1.165, 1.54) is 12.1 Å². The number of hydrogen-bond donors (Lipinski definition) is 1. The number of nitrogens with zero attached hydrogens (tertiary/aromatic N) is 3. The van der Waals surface area contributed by atoms with Crippen molar-refractivity contribution in [1.82, 2.24) is 15.2 Å². The van der Waals surface area contributed by atoms with Crippen LogP contribution in [0.3, 0.4) is 0 Å². The fourth-order valence-electron chi connectivity index (χ4n) is 2.75. The summed E-state index contributed by atoms with van der Waals surface area (Å²) < 4.78 is 0. The van der Waals surface area contributed by atoms with E-state index in [0.29, 0.717) is 12.1 Å². The van der Waals surface area contributed by atoms with Crippen molar-refractivity contribution in [3.63, 3.8) is 0 Å².